The first kappa shape index (κ1) is 14.3. The standard InChI is InChI=1S/C14H19F3N2/c15-14(16,17)13-7-6-11(9-18)12(19-13)8-10-4-2-1-3-5-10/h6-7,10H,1-5,8-9,18H2. The minimum absolute atomic E-state index is 0.243. The third-order valence-electron chi connectivity index (χ3n) is 3.79. The van der Waals surface area contributed by atoms with Crippen LogP contribution in [0, 0.1) is 5.92 Å². The largest absolute Gasteiger partial charge is 0.433 e. The number of pyridine rings is 1. The third kappa shape index (κ3) is 3.69. The molecule has 0 unspecified atom stereocenters. The zero-order chi connectivity index (χ0) is 13.9. The SMILES string of the molecule is NCc1ccc(C(F)(F)F)nc1CC1CCCCC1. The van der Waals surface area contributed by atoms with E-state index < -0.39 is 11.9 Å². The molecule has 2 nitrogen and oxygen atoms in total. The van der Waals surface area contributed by atoms with E-state index in [1.807, 2.05) is 0 Å². The molecule has 106 valence electrons. The summed E-state index contributed by atoms with van der Waals surface area (Å²) in [6.07, 6.45) is 1.98. The lowest BCUT2D eigenvalue weighted by Gasteiger charge is -2.22. The van der Waals surface area contributed by atoms with Gasteiger partial charge in [0, 0.05) is 12.2 Å². The highest BCUT2D eigenvalue weighted by atomic mass is 19.4. The van der Waals surface area contributed by atoms with Gasteiger partial charge in [-0.25, -0.2) is 4.98 Å². The summed E-state index contributed by atoms with van der Waals surface area (Å²) >= 11 is 0. The van der Waals surface area contributed by atoms with Crippen LogP contribution in [0.2, 0.25) is 0 Å². The molecule has 0 amide bonds. The topological polar surface area (TPSA) is 38.9 Å². The summed E-state index contributed by atoms with van der Waals surface area (Å²) in [6, 6.07) is 2.49. The van der Waals surface area contributed by atoms with Crippen LogP contribution < -0.4 is 5.73 Å². The zero-order valence-corrected chi connectivity index (χ0v) is 10.8. The first-order valence-corrected chi connectivity index (χ1v) is 6.76. The fraction of sp³-hybridized carbons (Fsp3) is 0.643. The molecule has 0 spiro atoms. The van der Waals surface area contributed by atoms with Gasteiger partial charge >= 0.3 is 6.18 Å². The quantitative estimate of drug-likeness (QED) is 0.911. The molecule has 1 aliphatic rings. The Morgan fingerprint density at radius 3 is 2.42 bits per heavy atom. The fourth-order valence-electron chi connectivity index (χ4n) is 2.72. The Labute approximate surface area is 111 Å². The van der Waals surface area contributed by atoms with Gasteiger partial charge in [0.1, 0.15) is 5.69 Å². The molecule has 1 saturated carbocycles. The van der Waals surface area contributed by atoms with Crippen molar-refractivity contribution in [3.8, 4) is 0 Å². The maximum Gasteiger partial charge on any atom is 0.433 e. The number of aromatic nitrogens is 1. The predicted octanol–water partition coefficient (Wildman–Crippen LogP) is 3.68. The minimum atomic E-state index is -4.38. The van der Waals surface area contributed by atoms with Crippen molar-refractivity contribution < 1.29 is 13.2 Å². The summed E-state index contributed by atoms with van der Waals surface area (Å²) < 4.78 is 38.1. The van der Waals surface area contributed by atoms with Gasteiger partial charge in [0.15, 0.2) is 0 Å². The van der Waals surface area contributed by atoms with Gasteiger partial charge in [-0.2, -0.15) is 13.2 Å². The van der Waals surface area contributed by atoms with E-state index in [1.54, 1.807) is 0 Å². The molecule has 2 rings (SSSR count). The van der Waals surface area contributed by atoms with Crippen LogP contribution in [0.4, 0.5) is 13.2 Å². The zero-order valence-electron chi connectivity index (χ0n) is 10.8. The van der Waals surface area contributed by atoms with E-state index in [-0.39, 0.29) is 6.54 Å². The van der Waals surface area contributed by atoms with Crippen LogP contribution >= 0.6 is 0 Å². The minimum Gasteiger partial charge on any atom is -0.326 e. The van der Waals surface area contributed by atoms with Crippen LogP contribution in [0.15, 0.2) is 12.1 Å². The average Bonchev–Trinajstić information content (AvgIpc) is 2.39. The van der Waals surface area contributed by atoms with Gasteiger partial charge in [0.25, 0.3) is 0 Å². The molecule has 0 atom stereocenters. The lowest BCUT2D eigenvalue weighted by atomic mass is 9.85. The Balaban J connectivity index is 2.20. The second kappa shape index (κ2) is 5.90. The van der Waals surface area contributed by atoms with Crippen molar-refractivity contribution in [2.45, 2.75) is 51.2 Å². The lowest BCUT2D eigenvalue weighted by molar-refractivity contribution is -0.141. The van der Waals surface area contributed by atoms with E-state index in [4.69, 9.17) is 5.73 Å². The van der Waals surface area contributed by atoms with Gasteiger partial charge in [0.2, 0.25) is 0 Å². The van der Waals surface area contributed by atoms with Crippen LogP contribution in [-0.4, -0.2) is 4.98 Å². The van der Waals surface area contributed by atoms with Crippen LogP contribution in [0.5, 0.6) is 0 Å². The smallest absolute Gasteiger partial charge is 0.326 e. The van der Waals surface area contributed by atoms with E-state index in [9.17, 15) is 13.2 Å². The molecule has 1 aliphatic carbocycles. The number of halogens is 3. The summed E-state index contributed by atoms with van der Waals surface area (Å²) in [5, 5.41) is 0. The summed E-state index contributed by atoms with van der Waals surface area (Å²) in [7, 11) is 0. The van der Waals surface area contributed by atoms with Gasteiger partial charge in [0.05, 0.1) is 0 Å². The van der Waals surface area contributed by atoms with Crippen molar-refractivity contribution in [1.82, 2.24) is 4.98 Å². The Morgan fingerprint density at radius 2 is 1.84 bits per heavy atom. The van der Waals surface area contributed by atoms with E-state index in [2.05, 4.69) is 4.98 Å². The summed E-state index contributed by atoms with van der Waals surface area (Å²) in [6.45, 7) is 0.243. The van der Waals surface area contributed by atoms with E-state index in [0.717, 1.165) is 24.5 Å². The molecule has 0 saturated heterocycles. The summed E-state index contributed by atoms with van der Waals surface area (Å²) in [5.74, 6) is 0.454. The number of rotatable bonds is 3. The molecular weight excluding hydrogens is 253 g/mol. The highest BCUT2D eigenvalue weighted by Gasteiger charge is 2.33. The molecule has 0 radical (unpaired) electrons. The van der Waals surface area contributed by atoms with Crippen molar-refractivity contribution in [2.24, 2.45) is 11.7 Å². The fourth-order valence-corrected chi connectivity index (χ4v) is 2.72. The molecule has 1 fully saturated rings. The third-order valence-corrected chi connectivity index (χ3v) is 3.79. The van der Waals surface area contributed by atoms with Crippen LogP contribution in [-0.2, 0) is 19.1 Å². The normalized spacial score (nSPS) is 17.7. The van der Waals surface area contributed by atoms with Crippen molar-refractivity contribution in [3.63, 3.8) is 0 Å². The first-order chi connectivity index (χ1) is 9.00. The maximum absolute atomic E-state index is 12.7. The van der Waals surface area contributed by atoms with Gasteiger partial charge in [-0.1, -0.05) is 38.2 Å². The Kier molecular flexibility index (Phi) is 4.45. The Hall–Kier alpha value is -1.10. The van der Waals surface area contributed by atoms with E-state index in [1.165, 1.54) is 25.3 Å². The number of hydrogen-bond donors (Lipinski definition) is 1. The molecule has 0 bridgehead atoms. The number of hydrogen-bond acceptors (Lipinski definition) is 2. The second-order valence-electron chi connectivity index (χ2n) is 5.21. The Morgan fingerprint density at radius 1 is 1.16 bits per heavy atom. The van der Waals surface area contributed by atoms with Crippen LogP contribution in [0.1, 0.15) is 49.1 Å². The van der Waals surface area contributed by atoms with Crippen LogP contribution in [0.25, 0.3) is 0 Å². The van der Waals surface area contributed by atoms with Crippen LogP contribution in [0.3, 0.4) is 0 Å². The molecule has 0 aromatic carbocycles. The molecule has 5 heteroatoms. The molecule has 1 aromatic rings. The van der Waals surface area contributed by atoms with Crippen molar-refractivity contribution in [1.29, 1.82) is 0 Å². The van der Waals surface area contributed by atoms with Gasteiger partial charge in [-0.15, -0.1) is 0 Å². The summed E-state index contributed by atoms with van der Waals surface area (Å²) in [5.41, 5.74) is 6.05. The van der Waals surface area contributed by atoms with Gasteiger partial charge in [-0.3, -0.25) is 0 Å². The van der Waals surface area contributed by atoms with Crippen molar-refractivity contribution >= 4 is 0 Å². The highest BCUT2D eigenvalue weighted by molar-refractivity contribution is 5.24. The summed E-state index contributed by atoms with van der Waals surface area (Å²) in [4.78, 5) is 3.80. The van der Waals surface area contributed by atoms with E-state index >= 15 is 0 Å². The molecule has 0 aliphatic heterocycles. The predicted molar refractivity (Wildman–Crippen MR) is 67.4 cm³/mol. The number of alkyl halides is 3. The monoisotopic (exact) mass is 272 g/mol. The lowest BCUT2D eigenvalue weighted by Crippen LogP contribution is -2.16. The maximum atomic E-state index is 12.7. The molecular formula is C14H19F3N2. The van der Waals surface area contributed by atoms with Crippen molar-refractivity contribution in [3.05, 3.63) is 29.1 Å². The molecule has 1 heterocycles. The second-order valence-corrected chi connectivity index (χ2v) is 5.21. The van der Waals surface area contributed by atoms with Crippen molar-refractivity contribution in [2.75, 3.05) is 0 Å². The molecule has 19 heavy (non-hydrogen) atoms. The average molecular weight is 272 g/mol. The van der Waals surface area contributed by atoms with Gasteiger partial charge in [-0.05, 0) is 24.0 Å². The molecule has 2 N–H and O–H groups in total. The Bertz CT molecular complexity index is 423. The first-order valence-electron chi connectivity index (χ1n) is 6.76. The number of nitrogens with two attached hydrogens (primary N) is 1. The highest BCUT2D eigenvalue weighted by Crippen LogP contribution is 2.31. The number of nitrogens with zero attached hydrogens (tertiary/aromatic N) is 1. The van der Waals surface area contributed by atoms with Gasteiger partial charge < -0.3 is 5.73 Å². The van der Waals surface area contributed by atoms with E-state index in [0.29, 0.717) is 18.0 Å². The molecule has 1 aromatic heterocycles.